The minimum atomic E-state index is -3.76. The highest BCUT2D eigenvalue weighted by Gasteiger charge is 2.19. The van der Waals surface area contributed by atoms with Crippen LogP contribution < -0.4 is 4.72 Å². The highest BCUT2D eigenvalue weighted by molar-refractivity contribution is 7.93. The van der Waals surface area contributed by atoms with E-state index in [-0.39, 0.29) is 15.0 Å². The Morgan fingerprint density at radius 2 is 1.96 bits per heavy atom. The molecule has 1 N–H and O–H groups in total. The van der Waals surface area contributed by atoms with Crippen LogP contribution in [0.4, 0.5) is 5.69 Å². The largest absolute Gasteiger partial charge is 0.279 e. The van der Waals surface area contributed by atoms with Crippen LogP contribution >= 0.6 is 11.3 Å². The molecule has 3 rings (SSSR count). The van der Waals surface area contributed by atoms with Crippen LogP contribution in [0.15, 0.2) is 39.8 Å². The topological polar surface area (TPSA) is 111 Å². The third kappa shape index (κ3) is 3.53. The molecule has 11 heteroatoms. The van der Waals surface area contributed by atoms with Gasteiger partial charge in [0.15, 0.2) is 0 Å². The zero-order valence-electron chi connectivity index (χ0n) is 13.5. The van der Waals surface area contributed by atoms with Gasteiger partial charge >= 0.3 is 0 Å². The Labute approximate surface area is 149 Å². The van der Waals surface area contributed by atoms with Gasteiger partial charge in [0.1, 0.15) is 4.90 Å². The highest BCUT2D eigenvalue weighted by atomic mass is 32.2. The molecule has 0 spiro atoms. The lowest BCUT2D eigenvalue weighted by molar-refractivity contribution is 0.596. The van der Waals surface area contributed by atoms with Gasteiger partial charge in [-0.1, -0.05) is 6.92 Å². The first-order valence-electron chi connectivity index (χ1n) is 7.44. The molecule has 0 aliphatic heterocycles. The van der Waals surface area contributed by atoms with Gasteiger partial charge in [-0.05, 0) is 25.1 Å². The molecule has 0 amide bonds. The molecule has 25 heavy (non-hydrogen) atoms. The van der Waals surface area contributed by atoms with Crippen LogP contribution in [0.2, 0.25) is 0 Å². The Kier molecular flexibility index (Phi) is 4.56. The smallest absolute Gasteiger partial charge is 0.265 e. The molecule has 2 aromatic heterocycles. The van der Waals surface area contributed by atoms with Gasteiger partial charge < -0.3 is 0 Å². The Bertz CT molecular complexity index is 1130. The van der Waals surface area contributed by atoms with E-state index in [1.165, 1.54) is 17.1 Å². The van der Waals surface area contributed by atoms with Gasteiger partial charge in [-0.25, -0.2) is 21.8 Å². The van der Waals surface area contributed by atoms with Gasteiger partial charge in [-0.2, -0.15) is 5.10 Å². The summed E-state index contributed by atoms with van der Waals surface area (Å²) in [6, 6.07) is 4.71. The Morgan fingerprint density at radius 1 is 1.20 bits per heavy atom. The van der Waals surface area contributed by atoms with Crippen molar-refractivity contribution in [2.75, 3.05) is 10.5 Å². The summed E-state index contributed by atoms with van der Waals surface area (Å²) in [5, 5.41) is 3.96. The van der Waals surface area contributed by atoms with Crippen molar-refractivity contribution in [2.24, 2.45) is 0 Å². The van der Waals surface area contributed by atoms with Gasteiger partial charge in [0.05, 0.1) is 27.9 Å². The maximum atomic E-state index is 12.4. The summed E-state index contributed by atoms with van der Waals surface area (Å²) >= 11 is 1.02. The van der Waals surface area contributed by atoms with E-state index in [9.17, 15) is 16.8 Å². The van der Waals surface area contributed by atoms with E-state index in [4.69, 9.17) is 0 Å². The molecule has 0 radical (unpaired) electrons. The molecule has 0 saturated heterocycles. The van der Waals surface area contributed by atoms with Crippen LogP contribution in [-0.2, 0) is 26.4 Å². The van der Waals surface area contributed by atoms with Gasteiger partial charge in [0.2, 0.25) is 14.2 Å². The summed E-state index contributed by atoms with van der Waals surface area (Å²) in [6.07, 6.45) is 2.72. The van der Waals surface area contributed by atoms with Crippen LogP contribution in [0.1, 0.15) is 13.8 Å². The predicted molar refractivity (Wildman–Crippen MR) is 96.1 cm³/mol. The normalized spacial score (nSPS) is 12.6. The number of sulfonamides is 1. The van der Waals surface area contributed by atoms with Crippen molar-refractivity contribution < 1.29 is 16.8 Å². The van der Waals surface area contributed by atoms with Gasteiger partial charge in [-0.15, -0.1) is 11.3 Å². The first kappa shape index (κ1) is 17.8. The lowest BCUT2D eigenvalue weighted by Gasteiger charge is -2.05. The number of hydrogen-bond acceptors (Lipinski definition) is 7. The van der Waals surface area contributed by atoms with Crippen molar-refractivity contribution in [3.63, 3.8) is 0 Å². The van der Waals surface area contributed by atoms with Gasteiger partial charge in [-0.3, -0.25) is 9.40 Å². The van der Waals surface area contributed by atoms with Crippen molar-refractivity contribution in [3.8, 4) is 0 Å². The van der Waals surface area contributed by atoms with Crippen molar-refractivity contribution in [2.45, 2.75) is 29.6 Å². The number of nitrogens with one attached hydrogen (secondary N) is 1. The van der Waals surface area contributed by atoms with Crippen LogP contribution in [0, 0.1) is 0 Å². The minimum Gasteiger partial charge on any atom is -0.279 e. The average molecular weight is 401 g/mol. The first-order chi connectivity index (χ1) is 11.7. The second kappa shape index (κ2) is 6.39. The standard InChI is InChI=1S/C14H16N4O4S3/c1-3-18-9-11(8-15-18)25(21,22)17-10-5-6-12-13(7-10)23-14(16-12)24(19,20)4-2/h5-9,17H,3-4H2,1-2H3. The number of aryl methyl sites for hydroxylation is 1. The summed E-state index contributed by atoms with van der Waals surface area (Å²) in [5.74, 6) is -0.0340. The van der Waals surface area contributed by atoms with Crippen molar-refractivity contribution >= 4 is 47.1 Å². The van der Waals surface area contributed by atoms with Crippen molar-refractivity contribution in [1.82, 2.24) is 14.8 Å². The summed E-state index contributed by atoms with van der Waals surface area (Å²) in [4.78, 5) is 4.17. The fourth-order valence-corrected chi connectivity index (χ4v) is 5.45. The second-order valence-corrected chi connectivity index (χ2v) is 10.4. The van der Waals surface area contributed by atoms with Crippen molar-refractivity contribution in [1.29, 1.82) is 0 Å². The highest BCUT2D eigenvalue weighted by Crippen LogP contribution is 2.29. The number of benzene rings is 1. The van der Waals surface area contributed by atoms with E-state index in [1.54, 1.807) is 25.1 Å². The Balaban J connectivity index is 1.94. The first-order valence-corrected chi connectivity index (χ1v) is 11.4. The fraction of sp³-hybridized carbons (Fsp3) is 0.286. The number of rotatable bonds is 6. The van der Waals surface area contributed by atoms with E-state index in [1.807, 2.05) is 6.92 Å². The quantitative estimate of drug-likeness (QED) is 0.678. The summed E-state index contributed by atoms with van der Waals surface area (Å²) < 4.78 is 53.3. The predicted octanol–water partition coefficient (Wildman–Crippen LogP) is 2.11. The number of sulfone groups is 1. The third-order valence-corrected chi connectivity index (χ3v) is 8.05. The monoisotopic (exact) mass is 400 g/mol. The summed E-state index contributed by atoms with van der Waals surface area (Å²) in [5.41, 5.74) is 0.847. The lowest BCUT2D eigenvalue weighted by Crippen LogP contribution is -2.12. The zero-order valence-corrected chi connectivity index (χ0v) is 15.9. The molecule has 134 valence electrons. The van der Waals surface area contributed by atoms with Crippen LogP contribution in [0.5, 0.6) is 0 Å². The molecule has 0 unspecified atom stereocenters. The molecule has 2 heterocycles. The maximum Gasteiger partial charge on any atom is 0.265 e. The fourth-order valence-electron chi connectivity index (χ4n) is 2.09. The van der Waals surface area contributed by atoms with E-state index in [0.717, 1.165) is 11.3 Å². The molecule has 0 bridgehead atoms. The van der Waals surface area contributed by atoms with Crippen LogP contribution in [-0.4, -0.2) is 37.4 Å². The number of thiazole rings is 1. The molecular weight excluding hydrogens is 384 g/mol. The van der Waals surface area contributed by atoms with E-state index in [0.29, 0.717) is 22.4 Å². The molecule has 0 fully saturated rings. The minimum absolute atomic E-state index is 0.0340. The summed E-state index contributed by atoms with van der Waals surface area (Å²) in [7, 11) is -7.16. The lowest BCUT2D eigenvalue weighted by atomic mass is 10.3. The molecular formula is C14H16N4O4S3. The van der Waals surface area contributed by atoms with Crippen molar-refractivity contribution in [3.05, 3.63) is 30.6 Å². The molecule has 8 nitrogen and oxygen atoms in total. The van der Waals surface area contributed by atoms with Gasteiger partial charge in [0.25, 0.3) is 10.0 Å². The van der Waals surface area contributed by atoms with E-state index >= 15 is 0 Å². The van der Waals surface area contributed by atoms with Gasteiger partial charge in [0, 0.05) is 12.7 Å². The molecule has 0 saturated carbocycles. The number of aromatic nitrogens is 3. The van der Waals surface area contributed by atoms with E-state index < -0.39 is 19.9 Å². The number of hydrogen-bond donors (Lipinski definition) is 1. The second-order valence-electron chi connectivity index (χ2n) is 5.20. The van der Waals surface area contributed by atoms with E-state index in [2.05, 4.69) is 14.8 Å². The maximum absolute atomic E-state index is 12.4. The van der Waals surface area contributed by atoms with Crippen LogP contribution in [0.3, 0.4) is 0 Å². The molecule has 1 aromatic carbocycles. The number of nitrogens with zero attached hydrogens (tertiary/aromatic N) is 3. The Morgan fingerprint density at radius 3 is 2.60 bits per heavy atom. The molecule has 0 aliphatic rings. The number of fused-ring (bicyclic) bond motifs is 1. The Hall–Kier alpha value is -1.98. The molecule has 0 aliphatic carbocycles. The summed E-state index contributed by atoms with van der Waals surface area (Å²) in [6.45, 7) is 3.98. The van der Waals surface area contributed by atoms with Crippen LogP contribution in [0.25, 0.3) is 10.2 Å². The average Bonchev–Trinajstić information content (AvgIpc) is 3.21. The zero-order chi connectivity index (χ0) is 18.2. The molecule has 0 atom stereocenters. The number of anilines is 1. The SMILES string of the molecule is CCn1cc(S(=O)(=O)Nc2ccc3nc(S(=O)(=O)CC)sc3c2)cn1. The third-order valence-electron chi connectivity index (χ3n) is 3.51. The molecule has 3 aromatic rings.